The molecule has 19 heavy (non-hydrogen) atoms. The number of nitrogens with one attached hydrogen (secondary N) is 1. The average molecular weight is 269 g/mol. The summed E-state index contributed by atoms with van der Waals surface area (Å²) in [5, 5.41) is 3.15. The van der Waals surface area contributed by atoms with Crippen LogP contribution in [0.1, 0.15) is 26.2 Å². The highest BCUT2D eigenvalue weighted by atomic mass is 16.5. The van der Waals surface area contributed by atoms with Crippen molar-refractivity contribution < 1.29 is 14.3 Å². The number of hydrogen-bond donors (Lipinski definition) is 1. The van der Waals surface area contributed by atoms with E-state index in [-0.39, 0.29) is 12.0 Å². The van der Waals surface area contributed by atoms with Crippen LogP contribution in [-0.2, 0) is 9.53 Å². The molecule has 0 spiro atoms. The van der Waals surface area contributed by atoms with Crippen molar-refractivity contribution in [3.05, 3.63) is 0 Å². The number of piperazine rings is 1. The molecule has 0 bridgehead atoms. The number of urea groups is 1. The predicted octanol–water partition coefficient (Wildman–Crippen LogP) is 0.429. The minimum Gasteiger partial charge on any atom is -0.464 e. The van der Waals surface area contributed by atoms with Crippen molar-refractivity contribution in [2.45, 2.75) is 32.2 Å². The minimum absolute atomic E-state index is 0.0146. The van der Waals surface area contributed by atoms with Crippen molar-refractivity contribution in [1.29, 1.82) is 0 Å². The third-order valence-electron chi connectivity index (χ3n) is 3.67. The van der Waals surface area contributed by atoms with E-state index in [1.165, 1.54) is 6.42 Å². The van der Waals surface area contributed by atoms with E-state index in [2.05, 4.69) is 5.32 Å². The first-order chi connectivity index (χ1) is 9.24. The van der Waals surface area contributed by atoms with E-state index >= 15 is 0 Å². The van der Waals surface area contributed by atoms with Crippen LogP contribution in [0.5, 0.6) is 0 Å². The lowest BCUT2D eigenvalue weighted by molar-refractivity contribution is -0.149. The highest BCUT2D eigenvalue weighted by molar-refractivity contribution is 5.84. The lowest BCUT2D eigenvalue weighted by Crippen LogP contribution is -2.60. The Hall–Kier alpha value is -1.30. The number of rotatable bonds is 2. The second kappa shape index (κ2) is 6.75. The molecule has 1 unspecified atom stereocenters. The van der Waals surface area contributed by atoms with Gasteiger partial charge in [-0.3, -0.25) is 0 Å². The van der Waals surface area contributed by atoms with E-state index in [0.717, 1.165) is 32.5 Å². The first-order valence-electron chi connectivity index (χ1n) is 7.17. The van der Waals surface area contributed by atoms with Gasteiger partial charge in [0.05, 0.1) is 6.61 Å². The number of hydrogen-bond acceptors (Lipinski definition) is 4. The van der Waals surface area contributed by atoms with E-state index in [4.69, 9.17) is 4.74 Å². The van der Waals surface area contributed by atoms with Crippen LogP contribution in [0.2, 0.25) is 0 Å². The normalized spacial score (nSPS) is 24.2. The molecular formula is C13H23N3O3. The third kappa shape index (κ3) is 3.37. The molecular weight excluding hydrogens is 246 g/mol. The number of carbonyl (C=O) groups is 2. The molecule has 0 aromatic carbocycles. The van der Waals surface area contributed by atoms with Crippen molar-refractivity contribution in [3.8, 4) is 0 Å². The first kappa shape index (κ1) is 14.1. The molecule has 6 nitrogen and oxygen atoms in total. The van der Waals surface area contributed by atoms with Crippen LogP contribution in [0.4, 0.5) is 4.79 Å². The standard InChI is InChI=1S/C13H23N3O3/c1-2-19-12(17)11-10-14-6-9-16(11)13(18)15-7-4-3-5-8-15/h11,14H,2-10H2,1H3. The molecule has 0 aromatic rings. The number of piperidine rings is 1. The minimum atomic E-state index is -0.483. The third-order valence-corrected chi connectivity index (χ3v) is 3.67. The predicted molar refractivity (Wildman–Crippen MR) is 70.8 cm³/mol. The molecule has 2 aliphatic heterocycles. The van der Waals surface area contributed by atoms with E-state index in [9.17, 15) is 9.59 Å². The van der Waals surface area contributed by atoms with E-state index in [1.807, 2.05) is 4.90 Å². The summed E-state index contributed by atoms with van der Waals surface area (Å²) in [6, 6.07) is -0.498. The van der Waals surface area contributed by atoms with Gasteiger partial charge in [-0.2, -0.15) is 0 Å². The molecule has 0 radical (unpaired) electrons. The molecule has 2 amide bonds. The summed E-state index contributed by atoms with van der Waals surface area (Å²) in [4.78, 5) is 27.9. The SMILES string of the molecule is CCOC(=O)C1CNCCN1C(=O)N1CCCCC1. The zero-order chi connectivity index (χ0) is 13.7. The maximum absolute atomic E-state index is 12.5. The lowest BCUT2D eigenvalue weighted by atomic mass is 10.1. The number of nitrogens with zero attached hydrogens (tertiary/aromatic N) is 2. The Morgan fingerprint density at radius 1 is 1.21 bits per heavy atom. The molecule has 2 aliphatic rings. The van der Waals surface area contributed by atoms with E-state index < -0.39 is 6.04 Å². The topological polar surface area (TPSA) is 61.9 Å². The molecule has 0 saturated carbocycles. The van der Waals surface area contributed by atoms with Gasteiger partial charge in [0.25, 0.3) is 0 Å². The van der Waals surface area contributed by atoms with Crippen molar-refractivity contribution in [3.63, 3.8) is 0 Å². The van der Waals surface area contributed by atoms with Crippen LogP contribution in [0, 0.1) is 0 Å². The number of ether oxygens (including phenoxy) is 1. The first-order valence-corrected chi connectivity index (χ1v) is 7.17. The fraction of sp³-hybridized carbons (Fsp3) is 0.846. The van der Waals surface area contributed by atoms with Gasteiger partial charge in [0.1, 0.15) is 6.04 Å². The van der Waals surface area contributed by atoms with Crippen molar-refractivity contribution >= 4 is 12.0 Å². The van der Waals surface area contributed by atoms with Crippen LogP contribution in [0.15, 0.2) is 0 Å². The van der Waals surface area contributed by atoms with Gasteiger partial charge in [0, 0.05) is 32.7 Å². The molecule has 2 heterocycles. The average Bonchev–Trinajstić information content (AvgIpc) is 2.47. The monoisotopic (exact) mass is 269 g/mol. The van der Waals surface area contributed by atoms with Gasteiger partial charge in [-0.25, -0.2) is 9.59 Å². The number of likely N-dealkylation sites (tertiary alicyclic amines) is 1. The molecule has 1 N–H and O–H groups in total. The Morgan fingerprint density at radius 2 is 1.95 bits per heavy atom. The molecule has 2 saturated heterocycles. The Morgan fingerprint density at radius 3 is 2.63 bits per heavy atom. The Labute approximate surface area is 114 Å². The van der Waals surface area contributed by atoms with Gasteiger partial charge in [-0.1, -0.05) is 0 Å². The number of esters is 1. The summed E-state index contributed by atoms with van der Waals surface area (Å²) in [6.45, 7) is 5.52. The summed E-state index contributed by atoms with van der Waals surface area (Å²) in [5.41, 5.74) is 0. The highest BCUT2D eigenvalue weighted by Gasteiger charge is 2.35. The van der Waals surface area contributed by atoms with Crippen molar-refractivity contribution in [1.82, 2.24) is 15.1 Å². The van der Waals surface area contributed by atoms with Crippen LogP contribution in [-0.4, -0.2) is 67.2 Å². The van der Waals surface area contributed by atoms with Crippen LogP contribution in [0.25, 0.3) is 0 Å². The van der Waals surface area contributed by atoms with Gasteiger partial charge < -0.3 is 19.9 Å². The van der Waals surface area contributed by atoms with Gasteiger partial charge in [0.15, 0.2) is 0 Å². The fourth-order valence-corrected chi connectivity index (χ4v) is 2.65. The molecule has 2 fully saturated rings. The smallest absolute Gasteiger partial charge is 0.330 e. The zero-order valence-corrected chi connectivity index (χ0v) is 11.6. The fourth-order valence-electron chi connectivity index (χ4n) is 2.65. The maximum atomic E-state index is 12.5. The van der Waals surface area contributed by atoms with Gasteiger partial charge in [-0.15, -0.1) is 0 Å². The largest absolute Gasteiger partial charge is 0.464 e. The maximum Gasteiger partial charge on any atom is 0.330 e. The Kier molecular flexibility index (Phi) is 5.01. The Bertz CT molecular complexity index is 329. The summed E-state index contributed by atoms with van der Waals surface area (Å²) in [5.74, 6) is -0.306. The van der Waals surface area contributed by atoms with Crippen LogP contribution < -0.4 is 5.32 Å². The molecule has 0 aliphatic carbocycles. The molecule has 0 aromatic heterocycles. The van der Waals surface area contributed by atoms with E-state index in [0.29, 0.717) is 19.7 Å². The second-order valence-electron chi connectivity index (χ2n) is 5.00. The summed E-state index contributed by atoms with van der Waals surface area (Å²) < 4.78 is 5.06. The van der Waals surface area contributed by atoms with Gasteiger partial charge in [0.2, 0.25) is 0 Å². The highest BCUT2D eigenvalue weighted by Crippen LogP contribution is 2.14. The van der Waals surface area contributed by atoms with Gasteiger partial charge >= 0.3 is 12.0 Å². The van der Waals surface area contributed by atoms with Gasteiger partial charge in [-0.05, 0) is 26.2 Å². The van der Waals surface area contributed by atoms with E-state index in [1.54, 1.807) is 11.8 Å². The summed E-state index contributed by atoms with van der Waals surface area (Å²) >= 11 is 0. The quantitative estimate of drug-likeness (QED) is 0.738. The van der Waals surface area contributed by atoms with Crippen LogP contribution in [0.3, 0.4) is 0 Å². The van der Waals surface area contributed by atoms with Crippen molar-refractivity contribution in [2.75, 3.05) is 39.3 Å². The molecule has 108 valence electrons. The Balaban J connectivity index is 2.01. The zero-order valence-electron chi connectivity index (χ0n) is 11.6. The number of carbonyl (C=O) groups excluding carboxylic acids is 2. The molecule has 6 heteroatoms. The van der Waals surface area contributed by atoms with Crippen LogP contribution >= 0.6 is 0 Å². The molecule has 1 atom stereocenters. The summed E-state index contributed by atoms with van der Waals surface area (Å²) in [7, 11) is 0. The summed E-state index contributed by atoms with van der Waals surface area (Å²) in [6.07, 6.45) is 3.30. The molecule has 2 rings (SSSR count). The lowest BCUT2D eigenvalue weighted by Gasteiger charge is -2.39. The second-order valence-corrected chi connectivity index (χ2v) is 5.00. The van der Waals surface area contributed by atoms with Crippen molar-refractivity contribution in [2.24, 2.45) is 0 Å². The number of amides is 2.